The molecule has 0 spiro atoms. The third kappa shape index (κ3) is 3.38. The van der Waals surface area contributed by atoms with Gasteiger partial charge in [0.05, 0.1) is 0 Å². The number of rotatable bonds is 2. The first-order chi connectivity index (χ1) is 12.2. The Kier molecular flexibility index (Phi) is 4.66. The lowest BCUT2D eigenvalue weighted by Gasteiger charge is -2.27. The van der Waals surface area contributed by atoms with Crippen molar-refractivity contribution in [2.24, 2.45) is 5.92 Å². The van der Waals surface area contributed by atoms with Gasteiger partial charge in [-0.05, 0) is 48.3 Å². The van der Waals surface area contributed by atoms with Gasteiger partial charge in [-0.3, -0.25) is 0 Å². The average Bonchev–Trinajstić information content (AvgIpc) is 2.81. The largest absolute Gasteiger partial charge is 0.338 e. The predicted molar refractivity (Wildman–Crippen MR) is 101 cm³/mol. The van der Waals surface area contributed by atoms with Gasteiger partial charge in [-0.15, -0.1) is 0 Å². The van der Waals surface area contributed by atoms with E-state index in [1.165, 1.54) is 30.4 Å². The van der Waals surface area contributed by atoms with Gasteiger partial charge in [-0.2, -0.15) is 4.98 Å². The number of hydrogen-bond acceptors (Lipinski definition) is 5. The van der Waals surface area contributed by atoms with Crippen LogP contribution in [0.25, 0.3) is 11.4 Å². The van der Waals surface area contributed by atoms with Crippen molar-refractivity contribution < 1.29 is 0 Å². The summed E-state index contributed by atoms with van der Waals surface area (Å²) in [6, 6.07) is 6.78. The third-order valence-corrected chi connectivity index (χ3v) is 5.81. The van der Waals surface area contributed by atoms with Crippen molar-refractivity contribution in [3.8, 4) is 11.4 Å². The summed E-state index contributed by atoms with van der Waals surface area (Å²) < 4.78 is 0. The van der Waals surface area contributed by atoms with Gasteiger partial charge in [-0.1, -0.05) is 26.0 Å². The molecule has 1 N–H and O–H groups in total. The van der Waals surface area contributed by atoms with E-state index in [4.69, 9.17) is 4.98 Å². The summed E-state index contributed by atoms with van der Waals surface area (Å²) in [7, 11) is 0. The normalized spacial score (nSPS) is 23.8. The maximum atomic E-state index is 4.76. The van der Waals surface area contributed by atoms with Crippen LogP contribution in [0.15, 0.2) is 24.5 Å². The minimum Gasteiger partial charge on any atom is -0.338 e. The van der Waals surface area contributed by atoms with Crippen molar-refractivity contribution in [1.29, 1.82) is 0 Å². The van der Waals surface area contributed by atoms with E-state index in [9.17, 15) is 0 Å². The van der Waals surface area contributed by atoms with E-state index in [1.54, 1.807) is 6.33 Å². The van der Waals surface area contributed by atoms with E-state index in [0.29, 0.717) is 5.92 Å². The summed E-state index contributed by atoms with van der Waals surface area (Å²) in [5.74, 6) is 2.90. The summed E-state index contributed by atoms with van der Waals surface area (Å²) >= 11 is 0. The molecule has 0 amide bonds. The summed E-state index contributed by atoms with van der Waals surface area (Å²) in [6.45, 7) is 8.59. The van der Waals surface area contributed by atoms with E-state index in [-0.39, 0.29) is 0 Å². The van der Waals surface area contributed by atoms with Gasteiger partial charge in [0, 0.05) is 31.7 Å². The standard InChI is InChI=1S/C20H27N5/c1-14-4-3-5-16-6-7-17(12-18(16)15(14)2)19-22-13-23-20(24-19)25-10-8-21-9-11-25/h6-7,12-15,21H,3-5,8-11H2,1-2H3. The maximum absolute atomic E-state index is 4.76. The molecule has 2 aromatic rings. The van der Waals surface area contributed by atoms with E-state index in [2.05, 4.69) is 52.2 Å². The highest BCUT2D eigenvalue weighted by molar-refractivity contribution is 5.59. The SMILES string of the molecule is CC1CCCc2ccc(-c3ncnc(N4CCNCC4)n3)cc2C1C. The van der Waals surface area contributed by atoms with Crippen LogP contribution in [0.5, 0.6) is 0 Å². The van der Waals surface area contributed by atoms with Crippen molar-refractivity contribution in [2.75, 3.05) is 31.1 Å². The second kappa shape index (κ2) is 7.08. The van der Waals surface area contributed by atoms with Gasteiger partial charge >= 0.3 is 0 Å². The van der Waals surface area contributed by atoms with Gasteiger partial charge in [-0.25, -0.2) is 9.97 Å². The van der Waals surface area contributed by atoms with Crippen LogP contribution in [0.1, 0.15) is 43.7 Å². The van der Waals surface area contributed by atoms with Crippen LogP contribution in [0, 0.1) is 5.92 Å². The summed E-state index contributed by atoms with van der Waals surface area (Å²) in [4.78, 5) is 15.8. The molecule has 1 aliphatic carbocycles. The zero-order valence-corrected chi connectivity index (χ0v) is 15.2. The average molecular weight is 337 g/mol. The number of nitrogens with one attached hydrogen (secondary N) is 1. The first kappa shape index (κ1) is 16.5. The number of anilines is 1. The molecule has 5 heteroatoms. The van der Waals surface area contributed by atoms with E-state index in [0.717, 1.165) is 49.4 Å². The molecule has 2 atom stereocenters. The fourth-order valence-electron chi connectivity index (χ4n) is 4.00. The Morgan fingerprint density at radius 3 is 2.80 bits per heavy atom. The Bertz CT molecular complexity index is 739. The van der Waals surface area contributed by atoms with Crippen LogP contribution in [0.3, 0.4) is 0 Å². The van der Waals surface area contributed by atoms with Gasteiger partial charge in [0.25, 0.3) is 0 Å². The van der Waals surface area contributed by atoms with E-state index >= 15 is 0 Å². The molecular weight excluding hydrogens is 310 g/mol. The molecular formula is C20H27N5. The van der Waals surface area contributed by atoms with Crippen molar-refractivity contribution in [1.82, 2.24) is 20.3 Å². The summed E-state index contributed by atoms with van der Waals surface area (Å²) in [5, 5.41) is 3.37. The molecule has 1 saturated heterocycles. The molecule has 5 nitrogen and oxygen atoms in total. The molecule has 1 aromatic heterocycles. The Labute approximate surface area is 149 Å². The third-order valence-electron chi connectivity index (χ3n) is 5.81. The van der Waals surface area contributed by atoms with Crippen LogP contribution in [-0.4, -0.2) is 41.1 Å². The summed E-state index contributed by atoms with van der Waals surface area (Å²) in [6.07, 6.45) is 5.44. The lowest BCUT2D eigenvalue weighted by molar-refractivity contribution is 0.455. The van der Waals surface area contributed by atoms with Crippen LogP contribution in [-0.2, 0) is 6.42 Å². The molecule has 25 heavy (non-hydrogen) atoms. The molecule has 1 aliphatic heterocycles. The molecule has 0 radical (unpaired) electrons. The van der Waals surface area contributed by atoms with Crippen molar-refractivity contribution in [3.63, 3.8) is 0 Å². The second-order valence-corrected chi connectivity index (χ2v) is 7.42. The van der Waals surface area contributed by atoms with Gasteiger partial charge in [0.2, 0.25) is 5.95 Å². The van der Waals surface area contributed by atoms with Crippen LogP contribution in [0.2, 0.25) is 0 Å². The monoisotopic (exact) mass is 337 g/mol. The van der Waals surface area contributed by atoms with Crippen molar-refractivity contribution >= 4 is 5.95 Å². The van der Waals surface area contributed by atoms with Crippen molar-refractivity contribution in [2.45, 2.75) is 39.0 Å². The molecule has 0 bridgehead atoms. The minimum absolute atomic E-state index is 0.590. The Morgan fingerprint density at radius 1 is 1.12 bits per heavy atom. The highest BCUT2D eigenvalue weighted by Crippen LogP contribution is 2.36. The van der Waals surface area contributed by atoms with Gasteiger partial charge < -0.3 is 10.2 Å². The number of fused-ring (bicyclic) bond motifs is 1. The molecule has 132 valence electrons. The number of benzene rings is 1. The van der Waals surface area contributed by atoms with E-state index < -0.39 is 0 Å². The van der Waals surface area contributed by atoms with E-state index in [1.807, 2.05) is 0 Å². The lowest BCUT2D eigenvalue weighted by Crippen LogP contribution is -2.44. The number of nitrogens with zero attached hydrogens (tertiary/aromatic N) is 4. The smallest absolute Gasteiger partial charge is 0.228 e. The number of piperazine rings is 1. The molecule has 2 unspecified atom stereocenters. The second-order valence-electron chi connectivity index (χ2n) is 7.42. The highest BCUT2D eigenvalue weighted by Gasteiger charge is 2.22. The molecule has 0 saturated carbocycles. The Balaban J connectivity index is 1.67. The van der Waals surface area contributed by atoms with Gasteiger partial charge in [0.15, 0.2) is 5.82 Å². The van der Waals surface area contributed by atoms with Crippen molar-refractivity contribution in [3.05, 3.63) is 35.7 Å². The highest BCUT2D eigenvalue weighted by atomic mass is 15.3. The van der Waals surface area contributed by atoms with Crippen LogP contribution >= 0.6 is 0 Å². The van der Waals surface area contributed by atoms with Crippen LogP contribution < -0.4 is 10.2 Å². The fourth-order valence-corrected chi connectivity index (χ4v) is 4.00. The minimum atomic E-state index is 0.590. The predicted octanol–water partition coefficient (Wildman–Crippen LogP) is 3.02. The number of aryl methyl sites for hydroxylation is 1. The van der Waals surface area contributed by atoms with Crippen LogP contribution in [0.4, 0.5) is 5.95 Å². The fraction of sp³-hybridized carbons (Fsp3) is 0.550. The molecule has 1 fully saturated rings. The topological polar surface area (TPSA) is 53.9 Å². The number of aromatic nitrogens is 3. The number of hydrogen-bond donors (Lipinski definition) is 1. The summed E-state index contributed by atoms with van der Waals surface area (Å²) in [5.41, 5.74) is 4.09. The Hall–Kier alpha value is -2.01. The Morgan fingerprint density at radius 2 is 1.96 bits per heavy atom. The maximum Gasteiger partial charge on any atom is 0.228 e. The molecule has 2 heterocycles. The lowest BCUT2D eigenvalue weighted by atomic mass is 9.86. The molecule has 1 aromatic carbocycles. The van der Waals surface area contributed by atoms with Gasteiger partial charge in [0.1, 0.15) is 6.33 Å². The zero-order valence-electron chi connectivity index (χ0n) is 15.2. The molecule has 2 aliphatic rings. The first-order valence-corrected chi connectivity index (χ1v) is 9.50. The first-order valence-electron chi connectivity index (χ1n) is 9.50. The molecule has 4 rings (SSSR count). The zero-order chi connectivity index (χ0) is 17.2. The quantitative estimate of drug-likeness (QED) is 0.854.